The van der Waals surface area contributed by atoms with Gasteiger partial charge < -0.3 is 10.6 Å². The first-order valence-corrected chi connectivity index (χ1v) is 7.59. The average molecular weight is 320 g/mol. The Kier molecular flexibility index (Phi) is 6.55. The molecule has 3 rings (SSSR count). The van der Waals surface area contributed by atoms with E-state index in [9.17, 15) is 0 Å². The topological polar surface area (TPSA) is 62.7 Å². The number of pyridine rings is 1. The fraction of sp³-hybridized carbons (Fsp3) is 0.438. The molecular weight excluding hydrogens is 298 g/mol. The Bertz CT molecular complexity index is 557. The number of anilines is 2. The number of aromatic nitrogens is 3. The Labute approximate surface area is 137 Å². The van der Waals surface area contributed by atoms with Gasteiger partial charge in [0.05, 0.1) is 6.20 Å². The zero-order valence-corrected chi connectivity index (χ0v) is 13.4. The van der Waals surface area contributed by atoms with Crippen LogP contribution in [0.5, 0.6) is 0 Å². The van der Waals surface area contributed by atoms with Gasteiger partial charge in [-0.05, 0) is 62.4 Å². The van der Waals surface area contributed by atoms with Crippen LogP contribution >= 0.6 is 12.4 Å². The van der Waals surface area contributed by atoms with Crippen molar-refractivity contribution in [3.05, 3.63) is 42.5 Å². The third kappa shape index (κ3) is 4.93. The van der Waals surface area contributed by atoms with Crippen LogP contribution in [0.3, 0.4) is 0 Å². The molecule has 22 heavy (non-hydrogen) atoms. The Morgan fingerprint density at radius 3 is 2.86 bits per heavy atom. The van der Waals surface area contributed by atoms with Gasteiger partial charge in [0.25, 0.3) is 0 Å². The molecule has 0 saturated carbocycles. The second-order valence-corrected chi connectivity index (χ2v) is 5.52. The minimum atomic E-state index is 0. The monoisotopic (exact) mass is 319 g/mol. The summed E-state index contributed by atoms with van der Waals surface area (Å²) in [6.45, 7) is 2.34. The van der Waals surface area contributed by atoms with Gasteiger partial charge in [-0.3, -0.25) is 4.98 Å². The molecule has 1 aliphatic heterocycles. The fourth-order valence-electron chi connectivity index (χ4n) is 2.73. The van der Waals surface area contributed by atoms with Gasteiger partial charge in [0.2, 0.25) is 0 Å². The first kappa shape index (κ1) is 16.6. The predicted molar refractivity (Wildman–Crippen MR) is 90.7 cm³/mol. The molecule has 0 amide bonds. The maximum Gasteiger partial charge on any atom is 0.150 e. The van der Waals surface area contributed by atoms with Crippen molar-refractivity contribution in [3.8, 4) is 0 Å². The van der Waals surface area contributed by atoms with Gasteiger partial charge in [-0.1, -0.05) is 0 Å². The van der Waals surface area contributed by atoms with Crippen LogP contribution in [0.4, 0.5) is 11.6 Å². The molecule has 1 aliphatic rings. The van der Waals surface area contributed by atoms with E-state index in [0.717, 1.165) is 30.5 Å². The minimum absolute atomic E-state index is 0. The number of rotatable bonds is 5. The van der Waals surface area contributed by atoms with E-state index in [4.69, 9.17) is 0 Å². The summed E-state index contributed by atoms with van der Waals surface area (Å²) in [5.74, 6) is 2.36. The SMILES string of the molecule is Cl.c1cnc(Nc2cc(CCC3CCCNC3)ccn2)cn1. The predicted octanol–water partition coefficient (Wildman–Crippen LogP) is 2.97. The van der Waals surface area contributed by atoms with Gasteiger partial charge in [-0.15, -0.1) is 12.4 Å². The maximum absolute atomic E-state index is 4.34. The molecule has 6 heteroatoms. The summed E-state index contributed by atoms with van der Waals surface area (Å²) in [7, 11) is 0. The van der Waals surface area contributed by atoms with Crippen LogP contribution in [-0.4, -0.2) is 28.0 Å². The van der Waals surface area contributed by atoms with E-state index >= 15 is 0 Å². The fourth-order valence-corrected chi connectivity index (χ4v) is 2.73. The number of hydrogen-bond acceptors (Lipinski definition) is 5. The summed E-state index contributed by atoms with van der Waals surface area (Å²) in [6, 6.07) is 4.20. The van der Waals surface area contributed by atoms with Gasteiger partial charge in [-0.25, -0.2) is 9.97 Å². The van der Waals surface area contributed by atoms with Gasteiger partial charge in [0, 0.05) is 18.6 Å². The molecule has 1 saturated heterocycles. The summed E-state index contributed by atoms with van der Waals surface area (Å²) < 4.78 is 0. The summed E-state index contributed by atoms with van der Waals surface area (Å²) in [6.07, 6.45) is 11.9. The number of piperidine rings is 1. The van der Waals surface area contributed by atoms with Crippen LogP contribution in [0.15, 0.2) is 36.9 Å². The summed E-state index contributed by atoms with van der Waals surface area (Å²) in [4.78, 5) is 12.6. The van der Waals surface area contributed by atoms with Crippen molar-refractivity contribution in [2.75, 3.05) is 18.4 Å². The van der Waals surface area contributed by atoms with Crippen molar-refractivity contribution in [1.82, 2.24) is 20.3 Å². The molecule has 1 atom stereocenters. The van der Waals surface area contributed by atoms with E-state index in [1.54, 1.807) is 18.6 Å². The van der Waals surface area contributed by atoms with E-state index in [0.29, 0.717) is 0 Å². The lowest BCUT2D eigenvalue weighted by molar-refractivity contribution is 0.358. The Morgan fingerprint density at radius 2 is 2.09 bits per heavy atom. The number of nitrogens with one attached hydrogen (secondary N) is 2. The van der Waals surface area contributed by atoms with Crippen LogP contribution < -0.4 is 10.6 Å². The first-order chi connectivity index (χ1) is 10.4. The molecule has 0 radical (unpaired) electrons. The second-order valence-electron chi connectivity index (χ2n) is 5.52. The van der Waals surface area contributed by atoms with Crippen molar-refractivity contribution >= 4 is 24.0 Å². The highest BCUT2D eigenvalue weighted by Gasteiger charge is 2.12. The minimum Gasteiger partial charge on any atom is -0.324 e. The molecule has 0 aliphatic carbocycles. The summed E-state index contributed by atoms with van der Waals surface area (Å²) in [5, 5.41) is 6.66. The lowest BCUT2D eigenvalue weighted by Gasteiger charge is -2.22. The third-order valence-electron chi connectivity index (χ3n) is 3.88. The van der Waals surface area contributed by atoms with Crippen LogP contribution in [0.25, 0.3) is 0 Å². The van der Waals surface area contributed by atoms with Crippen molar-refractivity contribution in [1.29, 1.82) is 0 Å². The lowest BCUT2D eigenvalue weighted by Crippen LogP contribution is -2.29. The number of hydrogen-bond donors (Lipinski definition) is 2. The maximum atomic E-state index is 4.34. The van der Waals surface area contributed by atoms with Crippen LogP contribution in [0.1, 0.15) is 24.8 Å². The Balaban J connectivity index is 0.00000176. The molecule has 2 aromatic heterocycles. The highest BCUT2D eigenvalue weighted by Crippen LogP contribution is 2.19. The van der Waals surface area contributed by atoms with E-state index < -0.39 is 0 Å². The van der Waals surface area contributed by atoms with Crippen LogP contribution in [0, 0.1) is 5.92 Å². The van der Waals surface area contributed by atoms with Gasteiger partial charge in [-0.2, -0.15) is 0 Å². The van der Waals surface area contributed by atoms with E-state index in [1.807, 2.05) is 6.20 Å². The number of halogens is 1. The normalized spacial score (nSPS) is 17.5. The number of aryl methyl sites for hydroxylation is 1. The number of nitrogens with zero attached hydrogens (tertiary/aromatic N) is 3. The quantitative estimate of drug-likeness (QED) is 0.887. The molecule has 5 nitrogen and oxygen atoms in total. The Hall–Kier alpha value is -1.72. The molecule has 2 aromatic rings. The zero-order valence-electron chi connectivity index (χ0n) is 12.5. The largest absolute Gasteiger partial charge is 0.324 e. The van der Waals surface area contributed by atoms with E-state index in [2.05, 4.69) is 37.7 Å². The van der Waals surface area contributed by atoms with E-state index in [1.165, 1.54) is 31.4 Å². The Morgan fingerprint density at radius 1 is 1.18 bits per heavy atom. The lowest BCUT2D eigenvalue weighted by atomic mass is 9.93. The van der Waals surface area contributed by atoms with Crippen molar-refractivity contribution in [2.24, 2.45) is 5.92 Å². The highest BCUT2D eigenvalue weighted by molar-refractivity contribution is 5.85. The standard InChI is InChI=1S/C16H21N5.ClH/c1-2-14(11-17-6-1)4-3-13-5-7-19-15(10-13)21-16-12-18-8-9-20-16;/h5,7-10,12,14,17H,1-4,6,11H2,(H,19,20,21);1H. The molecule has 2 N–H and O–H groups in total. The van der Waals surface area contributed by atoms with Gasteiger partial charge in [0.15, 0.2) is 0 Å². The first-order valence-electron chi connectivity index (χ1n) is 7.59. The van der Waals surface area contributed by atoms with Crippen molar-refractivity contribution in [2.45, 2.75) is 25.7 Å². The van der Waals surface area contributed by atoms with Gasteiger partial charge >= 0.3 is 0 Å². The third-order valence-corrected chi connectivity index (χ3v) is 3.88. The smallest absolute Gasteiger partial charge is 0.150 e. The molecular formula is C16H22ClN5. The molecule has 0 aromatic carbocycles. The summed E-state index contributed by atoms with van der Waals surface area (Å²) in [5.41, 5.74) is 1.32. The molecule has 1 unspecified atom stereocenters. The van der Waals surface area contributed by atoms with Gasteiger partial charge in [0.1, 0.15) is 11.6 Å². The van der Waals surface area contributed by atoms with Crippen LogP contribution in [0.2, 0.25) is 0 Å². The second kappa shape index (κ2) is 8.66. The molecule has 118 valence electrons. The highest BCUT2D eigenvalue weighted by atomic mass is 35.5. The van der Waals surface area contributed by atoms with E-state index in [-0.39, 0.29) is 12.4 Å². The molecule has 3 heterocycles. The van der Waals surface area contributed by atoms with Crippen LogP contribution in [-0.2, 0) is 6.42 Å². The van der Waals surface area contributed by atoms with Crippen molar-refractivity contribution in [3.63, 3.8) is 0 Å². The molecule has 0 bridgehead atoms. The zero-order chi connectivity index (χ0) is 14.3. The molecule has 1 fully saturated rings. The summed E-state index contributed by atoms with van der Waals surface area (Å²) >= 11 is 0. The average Bonchev–Trinajstić information content (AvgIpc) is 2.55. The van der Waals surface area contributed by atoms with Crippen molar-refractivity contribution < 1.29 is 0 Å². The molecule has 0 spiro atoms.